The van der Waals surface area contributed by atoms with E-state index in [9.17, 15) is 9.36 Å². The number of pyridine rings is 1. The number of rotatable bonds is 6. The molecule has 0 bridgehead atoms. The Morgan fingerprint density at radius 2 is 1.89 bits per heavy atom. The van der Waals surface area contributed by atoms with Crippen LogP contribution in [-0.2, 0) is 9.09 Å². The summed E-state index contributed by atoms with van der Waals surface area (Å²) in [6, 6.07) is 12.2. The van der Waals surface area contributed by atoms with Gasteiger partial charge in [0.25, 0.3) is 0 Å². The molecule has 0 atom stereocenters. The number of carbonyl (C=O) groups is 1. The number of hydrogen-bond acceptors (Lipinski definition) is 6. The minimum atomic E-state index is -4.55. The van der Waals surface area contributed by atoms with Crippen LogP contribution in [0.2, 0.25) is 0 Å². The molecular weight excluding hydrogens is 373 g/mol. The zero-order valence-electron chi connectivity index (χ0n) is 13.9. The Bertz CT molecular complexity index is 995. The highest BCUT2D eigenvalue weighted by Crippen LogP contribution is 2.35. The van der Waals surface area contributed by atoms with E-state index >= 15 is 0 Å². The first-order chi connectivity index (χ1) is 12.9. The second kappa shape index (κ2) is 8.19. The predicted octanol–water partition coefficient (Wildman–Crippen LogP) is 1.92. The number of carbonyl (C=O) groups excluding carboxylic acids is 1. The van der Waals surface area contributed by atoms with Crippen molar-refractivity contribution in [2.75, 3.05) is 18.5 Å². The van der Waals surface area contributed by atoms with Gasteiger partial charge in [-0.25, -0.2) is 19.3 Å². The van der Waals surface area contributed by atoms with Gasteiger partial charge in [-0.3, -0.25) is 14.8 Å². The monoisotopic (exact) mass is 389 g/mol. The summed E-state index contributed by atoms with van der Waals surface area (Å²) in [4.78, 5) is 42.0. The van der Waals surface area contributed by atoms with Crippen molar-refractivity contribution < 1.29 is 23.7 Å². The molecule has 0 saturated carbocycles. The molecule has 0 aliphatic carbocycles. The number of anilines is 1. The van der Waals surface area contributed by atoms with Crippen molar-refractivity contribution in [2.24, 2.45) is 0 Å². The second-order valence-electron chi connectivity index (χ2n) is 5.37. The van der Waals surface area contributed by atoms with Gasteiger partial charge in [0.05, 0.1) is 18.5 Å². The summed E-state index contributed by atoms with van der Waals surface area (Å²) in [5.74, 6) is 0.260. The molecule has 0 fully saturated rings. The molecule has 3 rings (SSSR count). The van der Waals surface area contributed by atoms with Crippen LogP contribution in [-0.4, -0.2) is 43.9 Å². The van der Waals surface area contributed by atoms with Crippen LogP contribution in [0.1, 0.15) is 0 Å². The van der Waals surface area contributed by atoms with Gasteiger partial charge in [0.15, 0.2) is 5.65 Å². The third-order valence-corrected chi connectivity index (χ3v) is 3.88. The van der Waals surface area contributed by atoms with Crippen LogP contribution in [0.5, 0.6) is 0 Å². The quantitative estimate of drug-likeness (QED) is 0.369. The second-order valence-corrected chi connectivity index (χ2v) is 6.60. The van der Waals surface area contributed by atoms with Gasteiger partial charge in [0.2, 0.25) is 0 Å². The van der Waals surface area contributed by atoms with Crippen LogP contribution >= 0.6 is 7.82 Å². The molecule has 3 aromatic rings. The van der Waals surface area contributed by atoms with Crippen LogP contribution in [0, 0.1) is 0 Å². The van der Waals surface area contributed by atoms with Crippen molar-refractivity contribution in [3.05, 3.63) is 48.7 Å². The van der Waals surface area contributed by atoms with E-state index in [1.54, 1.807) is 18.3 Å². The standard InChI is InChI=1S/C16H16N5O5P/c22-16(17-8-9-26-27(23,24)25)21-14-7-6-12-15(20-14)19-13(10-18-12)11-4-2-1-3-5-11/h1-7,10H,8-9H2,(H2,23,24,25)(H2,17,19,20,21,22). The molecule has 0 radical (unpaired) electrons. The summed E-state index contributed by atoms with van der Waals surface area (Å²) in [5.41, 5.74) is 2.51. The Labute approximate surface area is 153 Å². The Kier molecular flexibility index (Phi) is 5.72. The molecule has 27 heavy (non-hydrogen) atoms. The lowest BCUT2D eigenvalue weighted by Gasteiger charge is -2.08. The maximum atomic E-state index is 11.8. The minimum Gasteiger partial charge on any atom is -0.335 e. The fourth-order valence-electron chi connectivity index (χ4n) is 2.20. The fourth-order valence-corrected chi connectivity index (χ4v) is 2.53. The van der Waals surface area contributed by atoms with Gasteiger partial charge in [0, 0.05) is 12.1 Å². The van der Waals surface area contributed by atoms with E-state index in [0.29, 0.717) is 16.9 Å². The normalized spacial score (nSPS) is 11.3. The third kappa shape index (κ3) is 5.53. The summed E-state index contributed by atoms with van der Waals surface area (Å²) in [7, 11) is -4.55. The maximum Gasteiger partial charge on any atom is 0.469 e. The number of phosphoric acid groups is 1. The number of urea groups is 1. The van der Waals surface area contributed by atoms with Gasteiger partial charge in [0.1, 0.15) is 11.3 Å². The summed E-state index contributed by atoms with van der Waals surface area (Å²) in [6.45, 7) is -0.406. The molecule has 0 spiro atoms. The zero-order valence-corrected chi connectivity index (χ0v) is 14.8. The lowest BCUT2D eigenvalue weighted by atomic mass is 10.2. The Balaban J connectivity index is 1.66. The molecule has 2 aromatic heterocycles. The summed E-state index contributed by atoms with van der Waals surface area (Å²) in [5, 5.41) is 4.91. The average molecular weight is 389 g/mol. The van der Waals surface area contributed by atoms with E-state index in [-0.39, 0.29) is 19.0 Å². The lowest BCUT2D eigenvalue weighted by Crippen LogP contribution is -2.31. The third-order valence-electron chi connectivity index (χ3n) is 3.37. The van der Waals surface area contributed by atoms with Gasteiger partial charge < -0.3 is 15.1 Å². The zero-order chi connectivity index (χ0) is 19.3. The molecule has 1 aromatic carbocycles. The van der Waals surface area contributed by atoms with E-state index in [1.807, 2.05) is 30.3 Å². The summed E-state index contributed by atoms with van der Waals surface area (Å²) < 4.78 is 14.8. The average Bonchev–Trinajstić information content (AvgIpc) is 2.65. The van der Waals surface area contributed by atoms with E-state index in [2.05, 4.69) is 30.1 Å². The van der Waals surface area contributed by atoms with Crippen molar-refractivity contribution >= 4 is 30.8 Å². The molecule has 0 saturated heterocycles. The first-order valence-corrected chi connectivity index (χ1v) is 9.38. The molecule has 140 valence electrons. The van der Waals surface area contributed by atoms with Crippen molar-refractivity contribution in [1.29, 1.82) is 0 Å². The number of fused-ring (bicyclic) bond motifs is 1. The van der Waals surface area contributed by atoms with Gasteiger partial charge in [-0.2, -0.15) is 0 Å². The Morgan fingerprint density at radius 3 is 2.63 bits per heavy atom. The van der Waals surface area contributed by atoms with Gasteiger partial charge in [-0.05, 0) is 12.1 Å². The molecule has 2 amide bonds. The highest BCUT2D eigenvalue weighted by Gasteiger charge is 2.13. The van der Waals surface area contributed by atoms with Crippen LogP contribution in [0.25, 0.3) is 22.4 Å². The predicted molar refractivity (Wildman–Crippen MR) is 97.8 cm³/mol. The lowest BCUT2D eigenvalue weighted by molar-refractivity contribution is 0.196. The number of amides is 2. The van der Waals surface area contributed by atoms with E-state index in [0.717, 1.165) is 5.56 Å². The number of benzene rings is 1. The number of aromatic nitrogens is 3. The number of nitrogens with zero attached hydrogens (tertiary/aromatic N) is 3. The highest BCUT2D eigenvalue weighted by molar-refractivity contribution is 7.46. The van der Waals surface area contributed by atoms with Gasteiger partial charge >= 0.3 is 13.9 Å². The van der Waals surface area contributed by atoms with Gasteiger partial charge in [-0.15, -0.1) is 0 Å². The van der Waals surface area contributed by atoms with Crippen LogP contribution in [0.15, 0.2) is 48.7 Å². The van der Waals surface area contributed by atoms with Crippen molar-refractivity contribution in [3.63, 3.8) is 0 Å². The van der Waals surface area contributed by atoms with Gasteiger partial charge in [-0.1, -0.05) is 30.3 Å². The first kappa shape index (κ1) is 18.9. The van der Waals surface area contributed by atoms with E-state index in [1.165, 1.54) is 0 Å². The first-order valence-electron chi connectivity index (χ1n) is 7.85. The Morgan fingerprint density at radius 1 is 1.11 bits per heavy atom. The molecule has 10 nitrogen and oxygen atoms in total. The largest absolute Gasteiger partial charge is 0.469 e. The Hall–Kier alpha value is -2.91. The van der Waals surface area contributed by atoms with E-state index < -0.39 is 13.9 Å². The molecular formula is C16H16N5O5P. The smallest absolute Gasteiger partial charge is 0.335 e. The maximum absolute atomic E-state index is 11.8. The molecule has 0 aliphatic heterocycles. The molecule has 11 heteroatoms. The van der Waals surface area contributed by atoms with Crippen LogP contribution in [0.3, 0.4) is 0 Å². The number of phosphoric ester groups is 1. The minimum absolute atomic E-state index is 0.0809. The highest BCUT2D eigenvalue weighted by atomic mass is 31.2. The van der Waals surface area contributed by atoms with Crippen molar-refractivity contribution in [3.8, 4) is 11.3 Å². The molecule has 0 aliphatic rings. The topological polar surface area (TPSA) is 147 Å². The van der Waals surface area contributed by atoms with Crippen LogP contribution in [0.4, 0.5) is 10.6 Å². The number of nitrogens with one attached hydrogen (secondary N) is 2. The summed E-state index contributed by atoms with van der Waals surface area (Å²) in [6.07, 6.45) is 1.65. The van der Waals surface area contributed by atoms with Crippen molar-refractivity contribution in [2.45, 2.75) is 0 Å². The fraction of sp³-hybridized carbons (Fsp3) is 0.125. The van der Waals surface area contributed by atoms with Crippen molar-refractivity contribution in [1.82, 2.24) is 20.3 Å². The molecule has 0 unspecified atom stereocenters. The molecule has 4 N–H and O–H groups in total. The molecule has 2 heterocycles. The summed E-state index contributed by atoms with van der Waals surface area (Å²) >= 11 is 0. The van der Waals surface area contributed by atoms with Crippen LogP contribution < -0.4 is 10.6 Å². The van der Waals surface area contributed by atoms with E-state index in [4.69, 9.17) is 9.79 Å². The number of hydrogen-bond donors (Lipinski definition) is 4. The SMILES string of the molecule is O=C(NCCOP(=O)(O)O)Nc1ccc2ncc(-c3ccccc3)nc2n1.